The summed E-state index contributed by atoms with van der Waals surface area (Å²) in [5.41, 5.74) is 5.11. The van der Waals surface area contributed by atoms with Gasteiger partial charge in [0, 0.05) is 24.1 Å². The van der Waals surface area contributed by atoms with E-state index in [9.17, 15) is 0 Å². The quantitative estimate of drug-likeness (QED) is 0.471. The van der Waals surface area contributed by atoms with Crippen LogP contribution >= 0.6 is 0 Å². The van der Waals surface area contributed by atoms with E-state index in [1.54, 1.807) is 12.4 Å². The summed E-state index contributed by atoms with van der Waals surface area (Å²) in [4.78, 5) is 18.7. The standard InChI is InChI=1S/C22H23N9/c1-13(2)25-20-22-29-28-15(4)30(22)12-18(26-20)21-27-17-10-24-14(3)9-19(17)31(21)11-16-7-5-6-8-23-16/h5-10,12-13H,11H2,1-4H3,(H,25,26). The molecule has 0 aliphatic heterocycles. The van der Waals surface area contributed by atoms with Gasteiger partial charge < -0.3 is 9.88 Å². The second-order valence-electron chi connectivity index (χ2n) is 7.87. The van der Waals surface area contributed by atoms with Gasteiger partial charge in [-0.3, -0.25) is 14.4 Å². The van der Waals surface area contributed by atoms with Crippen molar-refractivity contribution < 1.29 is 0 Å². The first-order valence-electron chi connectivity index (χ1n) is 10.2. The Balaban J connectivity index is 1.75. The zero-order chi connectivity index (χ0) is 21.5. The number of hydrogen-bond donors (Lipinski definition) is 1. The zero-order valence-corrected chi connectivity index (χ0v) is 17.9. The van der Waals surface area contributed by atoms with Crippen LogP contribution in [-0.4, -0.2) is 45.1 Å². The van der Waals surface area contributed by atoms with Crippen LogP contribution in [0.25, 0.3) is 28.2 Å². The summed E-state index contributed by atoms with van der Waals surface area (Å²) < 4.78 is 4.08. The lowest BCUT2D eigenvalue weighted by molar-refractivity contribution is 0.800. The summed E-state index contributed by atoms with van der Waals surface area (Å²) >= 11 is 0. The van der Waals surface area contributed by atoms with E-state index < -0.39 is 0 Å². The topological polar surface area (TPSA) is 98.7 Å². The van der Waals surface area contributed by atoms with E-state index in [1.807, 2.05) is 48.7 Å². The molecular weight excluding hydrogens is 390 g/mol. The highest BCUT2D eigenvalue weighted by molar-refractivity contribution is 5.80. The molecule has 9 nitrogen and oxygen atoms in total. The van der Waals surface area contributed by atoms with Gasteiger partial charge in [0.25, 0.3) is 0 Å². The van der Waals surface area contributed by atoms with Gasteiger partial charge in [0.05, 0.1) is 24.0 Å². The third kappa shape index (κ3) is 3.48. The number of nitrogens with zero attached hydrogens (tertiary/aromatic N) is 8. The average molecular weight is 413 g/mol. The third-order valence-corrected chi connectivity index (χ3v) is 5.03. The Hall–Kier alpha value is -3.88. The van der Waals surface area contributed by atoms with Crippen LogP contribution < -0.4 is 5.32 Å². The molecule has 0 aromatic carbocycles. The first kappa shape index (κ1) is 19.1. The highest BCUT2D eigenvalue weighted by Gasteiger charge is 2.19. The Bertz CT molecular complexity index is 1380. The lowest BCUT2D eigenvalue weighted by Crippen LogP contribution is -2.14. The Morgan fingerprint density at radius 3 is 2.71 bits per heavy atom. The van der Waals surface area contributed by atoms with Crippen molar-refractivity contribution in [1.82, 2.24) is 39.1 Å². The number of pyridine rings is 2. The van der Waals surface area contributed by atoms with Crippen molar-refractivity contribution in [2.24, 2.45) is 0 Å². The molecule has 0 fully saturated rings. The van der Waals surface area contributed by atoms with Crippen LogP contribution in [0.1, 0.15) is 31.1 Å². The van der Waals surface area contributed by atoms with E-state index in [0.717, 1.165) is 39.8 Å². The number of fused-ring (bicyclic) bond motifs is 2. The molecule has 1 N–H and O–H groups in total. The maximum Gasteiger partial charge on any atom is 0.203 e. The Kier molecular flexibility index (Phi) is 4.58. The fraction of sp³-hybridized carbons (Fsp3) is 0.273. The Labute approximate surface area is 179 Å². The molecular formula is C22H23N9. The van der Waals surface area contributed by atoms with Crippen molar-refractivity contribution in [2.45, 2.75) is 40.3 Å². The summed E-state index contributed by atoms with van der Waals surface area (Å²) in [7, 11) is 0. The van der Waals surface area contributed by atoms with Gasteiger partial charge in [0.2, 0.25) is 5.65 Å². The number of aryl methyl sites for hydroxylation is 2. The van der Waals surface area contributed by atoms with Crippen molar-refractivity contribution in [1.29, 1.82) is 0 Å². The van der Waals surface area contributed by atoms with Crippen molar-refractivity contribution in [3.63, 3.8) is 0 Å². The molecule has 5 heterocycles. The second-order valence-corrected chi connectivity index (χ2v) is 7.87. The normalized spacial score (nSPS) is 11.6. The average Bonchev–Trinajstić information content (AvgIpc) is 3.29. The first-order chi connectivity index (χ1) is 15.0. The van der Waals surface area contributed by atoms with Crippen LogP contribution in [-0.2, 0) is 6.54 Å². The van der Waals surface area contributed by atoms with Crippen LogP contribution in [0.5, 0.6) is 0 Å². The van der Waals surface area contributed by atoms with Crippen LogP contribution in [0.15, 0.2) is 42.9 Å². The van der Waals surface area contributed by atoms with Crippen LogP contribution in [0, 0.1) is 13.8 Å². The predicted molar refractivity (Wildman–Crippen MR) is 119 cm³/mol. The highest BCUT2D eigenvalue weighted by Crippen LogP contribution is 2.27. The van der Waals surface area contributed by atoms with E-state index in [0.29, 0.717) is 18.0 Å². The number of anilines is 1. The Morgan fingerprint density at radius 2 is 1.94 bits per heavy atom. The molecule has 0 aliphatic rings. The van der Waals surface area contributed by atoms with Gasteiger partial charge in [-0.1, -0.05) is 6.07 Å². The summed E-state index contributed by atoms with van der Waals surface area (Å²) in [6, 6.07) is 8.16. The van der Waals surface area contributed by atoms with Crippen LogP contribution in [0.3, 0.4) is 0 Å². The molecule has 0 amide bonds. The second kappa shape index (κ2) is 7.42. The number of imidazole rings is 1. The molecule has 0 aliphatic carbocycles. The van der Waals surface area contributed by atoms with Crippen LogP contribution in [0.2, 0.25) is 0 Å². The van der Waals surface area contributed by atoms with Gasteiger partial charge in [-0.2, -0.15) is 0 Å². The molecule has 156 valence electrons. The number of nitrogens with one attached hydrogen (secondary N) is 1. The molecule has 0 saturated carbocycles. The summed E-state index contributed by atoms with van der Waals surface area (Å²) in [5, 5.41) is 11.9. The molecule has 5 aromatic heterocycles. The van der Waals surface area contributed by atoms with E-state index in [1.165, 1.54) is 0 Å². The summed E-state index contributed by atoms with van der Waals surface area (Å²) in [6.45, 7) is 8.61. The van der Waals surface area contributed by atoms with Gasteiger partial charge >= 0.3 is 0 Å². The SMILES string of the molecule is Cc1cc2c(cn1)nc(-c1cn3c(C)nnc3c(NC(C)C)n1)n2Cc1ccccn1. The molecule has 5 rings (SSSR count). The van der Waals surface area contributed by atoms with Crippen molar-refractivity contribution in [3.8, 4) is 11.5 Å². The molecule has 9 heteroatoms. The fourth-order valence-electron chi connectivity index (χ4n) is 3.62. The maximum atomic E-state index is 4.89. The third-order valence-electron chi connectivity index (χ3n) is 5.03. The molecule has 0 saturated heterocycles. The largest absolute Gasteiger partial charge is 0.365 e. The van der Waals surface area contributed by atoms with Gasteiger partial charge in [-0.15, -0.1) is 10.2 Å². The van der Waals surface area contributed by atoms with Crippen LogP contribution in [0.4, 0.5) is 5.82 Å². The van der Waals surface area contributed by atoms with Gasteiger partial charge in [0.15, 0.2) is 11.6 Å². The fourth-order valence-corrected chi connectivity index (χ4v) is 3.62. The van der Waals surface area contributed by atoms with Gasteiger partial charge in [-0.05, 0) is 45.9 Å². The molecule has 0 spiro atoms. The summed E-state index contributed by atoms with van der Waals surface area (Å²) in [5.74, 6) is 2.21. The predicted octanol–water partition coefficient (Wildman–Crippen LogP) is 3.42. The van der Waals surface area contributed by atoms with Crippen molar-refractivity contribution >= 4 is 22.5 Å². The van der Waals surface area contributed by atoms with Gasteiger partial charge in [0.1, 0.15) is 17.0 Å². The summed E-state index contributed by atoms with van der Waals surface area (Å²) in [6.07, 6.45) is 5.54. The lowest BCUT2D eigenvalue weighted by atomic mass is 10.3. The lowest BCUT2D eigenvalue weighted by Gasteiger charge is -2.13. The molecule has 31 heavy (non-hydrogen) atoms. The minimum atomic E-state index is 0.197. The number of aromatic nitrogens is 8. The number of rotatable bonds is 5. The monoisotopic (exact) mass is 413 g/mol. The smallest absolute Gasteiger partial charge is 0.203 e. The number of hydrogen-bond acceptors (Lipinski definition) is 7. The molecule has 5 aromatic rings. The van der Waals surface area contributed by atoms with Crippen molar-refractivity contribution in [3.05, 3.63) is 60.1 Å². The van der Waals surface area contributed by atoms with E-state index in [4.69, 9.17) is 9.97 Å². The first-order valence-corrected chi connectivity index (χ1v) is 10.2. The van der Waals surface area contributed by atoms with Gasteiger partial charge in [-0.25, -0.2) is 9.97 Å². The minimum absolute atomic E-state index is 0.197. The van der Waals surface area contributed by atoms with E-state index in [-0.39, 0.29) is 6.04 Å². The molecule has 0 bridgehead atoms. The Morgan fingerprint density at radius 1 is 1.06 bits per heavy atom. The van der Waals surface area contributed by atoms with E-state index in [2.05, 4.69) is 43.9 Å². The van der Waals surface area contributed by atoms with Crippen molar-refractivity contribution in [2.75, 3.05) is 5.32 Å². The maximum absolute atomic E-state index is 4.89. The zero-order valence-electron chi connectivity index (χ0n) is 17.9. The minimum Gasteiger partial charge on any atom is -0.365 e. The molecule has 0 atom stereocenters. The molecule has 0 unspecified atom stereocenters. The molecule has 0 radical (unpaired) electrons. The van der Waals surface area contributed by atoms with E-state index >= 15 is 0 Å². The highest BCUT2D eigenvalue weighted by atomic mass is 15.3.